The molecule has 0 N–H and O–H groups in total. The summed E-state index contributed by atoms with van der Waals surface area (Å²) in [6, 6.07) is 8.04. The average molecular weight is 387 g/mol. The topological polar surface area (TPSA) is 46.3 Å². The number of alkyl halides is 3. The Kier molecular flexibility index (Phi) is 3.48. The first-order chi connectivity index (χ1) is 13.0. The third kappa shape index (κ3) is 2.66. The number of hydrogen-bond acceptors (Lipinski definition) is 5. The summed E-state index contributed by atoms with van der Waals surface area (Å²) in [6.45, 7) is 0.467. The van der Waals surface area contributed by atoms with Crippen LogP contribution in [-0.2, 0) is 12.6 Å². The minimum Gasteiger partial charge on any atom is -0.316 e. The monoisotopic (exact) mass is 387 g/mol. The number of nitrogens with zero attached hydrogens (tertiary/aromatic N) is 5. The van der Waals surface area contributed by atoms with Crippen LogP contribution < -0.4 is 4.90 Å². The SMILES string of the molecule is FC(F)(F)c1cccc2c1CCN2c1nn2cc(-c3cccnc3)nc2s1. The molecule has 136 valence electrons. The highest BCUT2D eigenvalue weighted by Gasteiger charge is 2.37. The molecule has 4 aromatic rings. The maximum Gasteiger partial charge on any atom is 0.416 e. The Balaban J connectivity index is 1.52. The van der Waals surface area contributed by atoms with Crippen molar-refractivity contribution in [3.05, 3.63) is 60.0 Å². The van der Waals surface area contributed by atoms with Gasteiger partial charge in [0.1, 0.15) is 0 Å². The zero-order chi connectivity index (χ0) is 18.6. The molecule has 1 aromatic carbocycles. The molecular weight excluding hydrogens is 375 g/mol. The maximum absolute atomic E-state index is 13.2. The largest absolute Gasteiger partial charge is 0.416 e. The van der Waals surface area contributed by atoms with Crippen molar-refractivity contribution in [3.63, 3.8) is 0 Å². The number of imidazole rings is 1. The van der Waals surface area contributed by atoms with Gasteiger partial charge in [-0.3, -0.25) is 4.98 Å². The zero-order valence-corrected chi connectivity index (χ0v) is 14.6. The van der Waals surface area contributed by atoms with Gasteiger partial charge in [-0.2, -0.15) is 13.2 Å². The Morgan fingerprint density at radius 3 is 2.74 bits per heavy atom. The Bertz CT molecular complexity index is 1100. The Morgan fingerprint density at radius 2 is 2.00 bits per heavy atom. The Hall–Kier alpha value is -2.94. The molecule has 0 unspecified atom stereocenters. The van der Waals surface area contributed by atoms with Crippen LogP contribution in [0.15, 0.2) is 48.9 Å². The molecule has 5 nitrogen and oxygen atoms in total. The van der Waals surface area contributed by atoms with Crippen LogP contribution in [0.1, 0.15) is 11.1 Å². The van der Waals surface area contributed by atoms with Crippen molar-refractivity contribution in [2.24, 2.45) is 0 Å². The summed E-state index contributed by atoms with van der Waals surface area (Å²) >= 11 is 1.35. The van der Waals surface area contributed by atoms with E-state index in [2.05, 4.69) is 15.1 Å². The number of aromatic nitrogens is 4. The normalized spacial score (nSPS) is 14.1. The maximum atomic E-state index is 13.2. The van der Waals surface area contributed by atoms with Crippen LogP contribution in [0.3, 0.4) is 0 Å². The molecule has 1 aliphatic heterocycles. The van der Waals surface area contributed by atoms with Crippen molar-refractivity contribution in [2.75, 3.05) is 11.4 Å². The van der Waals surface area contributed by atoms with Crippen molar-refractivity contribution in [2.45, 2.75) is 12.6 Å². The van der Waals surface area contributed by atoms with Gasteiger partial charge >= 0.3 is 6.18 Å². The lowest BCUT2D eigenvalue weighted by Gasteiger charge is -2.16. The lowest BCUT2D eigenvalue weighted by Crippen LogP contribution is -2.13. The summed E-state index contributed by atoms with van der Waals surface area (Å²) < 4.78 is 41.4. The number of anilines is 2. The third-order valence-corrected chi connectivity index (χ3v) is 5.50. The molecule has 0 spiro atoms. The van der Waals surface area contributed by atoms with Crippen LogP contribution >= 0.6 is 11.3 Å². The minimum atomic E-state index is -4.35. The summed E-state index contributed by atoms with van der Waals surface area (Å²) in [5.74, 6) is 0. The molecule has 9 heteroatoms. The van der Waals surface area contributed by atoms with E-state index in [1.54, 1.807) is 29.2 Å². The molecule has 0 atom stereocenters. The molecule has 5 rings (SSSR count). The number of rotatable bonds is 2. The molecule has 27 heavy (non-hydrogen) atoms. The lowest BCUT2D eigenvalue weighted by molar-refractivity contribution is -0.138. The van der Waals surface area contributed by atoms with E-state index in [1.165, 1.54) is 17.4 Å². The van der Waals surface area contributed by atoms with E-state index >= 15 is 0 Å². The highest BCUT2D eigenvalue weighted by Crippen LogP contribution is 2.43. The van der Waals surface area contributed by atoms with E-state index in [0.717, 1.165) is 17.3 Å². The minimum absolute atomic E-state index is 0.328. The molecule has 0 fully saturated rings. The van der Waals surface area contributed by atoms with Gasteiger partial charge in [0.2, 0.25) is 10.1 Å². The number of pyridine rings is 1. The van der Waals surface area contributed by atoms with Crippen molar-refractivity contribution < 1.29 is 13.2 Å². The van der Waals surface area contributed by atoms with E-state index in [1.807, 2.05) is 17.0 Å². The number of fused-ring (bicyclic) bond motifs is 2. The van der Waals surface area contributed by atoms with Gasteiger partial charge in [0.25, 0.3) is 0 Å². The first kappa shape index (κ1) is 16.2. The summed E-state index contributed by atoms with van der Waals surface area (Å²) in [4.78, 5) is 11.2. The van der Waals surface area contributed by atoms with E-state index in [-0.39, 0.29) is 0 Å². The second kappa shape index (κ2) is 5.78. The van der Waals surface area contributed by atoms with Crippen molar-refractivity contribution in [1.82, 2.24) is 19.6 Å². The van der Waals surface area contributed by atoms with Gasteiger partial charge in [-0.05, 0) is 36.2 Å². The lowest BCUT2D eigenvalue weighted by atomic mass is 10.0. The smallest absolute Gasteiger partial charge is 0.316 e. The number of hydrogen-bond donors (Lipinski definition) is 0. The van der Waals surface area contributed by atoms with Gasteiger partial charge in [0.05, 0.1) is 17.5 Å². The van der Waals surface area contributed by atoms with Gasteiger partial charge in [-0.15, -0.1) is 5.10 Å². The van der Waals surface area contributed by atoms with Crippen LogP contribution in [0.25, 0.3) is 16.2 Å². The summed E-state index contributed by atoms with van der Waals surface area (Å²) in [5.41, 5.74) is 1.97. The van der Waals surface area contributed by atoms with E-state index in [0.29, 0.717) is 34.3 Å². The quantitative estimate of drug-likeness (QED) is 0.506. The number of halogens is 3. The zero-order valence-electron chi connectivity index (χ0n) is 13.8. The first-order valence-electron chi connectivity index (χ1n) is 8.24. The van der Waals surface area contributed by atoms with Gasteiger partial charge < -0.3 is 4.90 Å². The highest BCUT2D eigenvalue weighted by atomic mass is 32.1. The Labute approximate surface area is 155 Å². The summed E-state index contributed by atoms with van der Waals surface area (Å²) in [5, 5.41) is 5.16. The van der Waals surface area contributed by atoms with Crippen LogP contribution in [-0.4, -0.2) is 26.1 Å². The van der Waals surface area contributed by atoms with Crippen molar-refractivity contribution in [3.8, 4) is 11.3 Å². The summed E-state index contributed by atoms with van der Waals surface area (Å²) in [7, 11) is 0. The third-order valence-electron chi connectivity index (χ3n) is 4.55. The molecular formula is C18H12F3N5S. The van der Waals surface area contributed by atoms with Crippen LogP contribution in [0, 0.1) is 0 Å². The predicted molar refractivity (Wildman–Crippen MR) is 96.2 cm³/mol. The predicted octanol–water partition coefficient (Wildman–Crippen LogP) is 4.57. The second-order valence-corrected chi connectivity index (χ2v) is 7.12. The number of benzene rings is 1. The van der Waals surface area contributed by atoms with E-state index < -0.39 is 11.7 Å². The van der Waals surface area contributed by atoms with Crippen LogP contribution in [0.4, 0.5) is 24.0 Å². The van der Waals surface area contributed by atoms with Crippen LogP contribution in [0.5, 0.6) is 0 Å². The fraction of sp³-hybridized carbons (Fsp3) is 0.167. The fourth-order valence-corrected chi connectivity index (χ4v) is 4.27. The highest BCUT2D eigenvalue weighted by molar-refractivity contribution is 7.20. The average Bonchev–Trinajstić information content (AvgIpc) is 3.33. The molecule has 0 aliphatic carbocycles. The van der Waals surface area contributed by atoms with Gasteiger partial charge in [0, 0.05) is 30.2 Å². The molecule has 4 heterocycles. The van der Waals surface area contributed by atoms with E-state index in [4.69, 9.17) is 0 Å². The van der Waals surface area contributed by atoms with E-state index in [9.17, 15) is 13.2 Å². The molecule has 0 bridgehead atoms. The van der Waals surface area contributed by atoms with Crippen molar-refractivity contribution >= 4 is 27.1 Å². The van der Waals surface area contributed by atoms with Crippen LogP contribution in [0.2, 0.25) is 0 Å². The molecule has 1 aliphatic rings. The first-order valence-corrected chi connectivity index (χ1v) is 9.05. The molecule has 0 amide bonds. The molecule has 0 radical (unpaired) electrons. The fourth-order valence-electron chi connectivity index (χ4n) is 3.35. The van der Waals surface area contributed by atoms with Gasteiger partial charge in [0.15, 0.2) is 0 Å². The standard InChI is InChI=1S/C18H12F3N5S/c19-18(20,21)13-4-1-5-15-12(13)6-8-25(15)17-24-26-10-14(23-16(26)27-17)11-3-2-7-22-9-11/h1-5,7,9-10H,6,8H2. The Morgan fingerprint density at radius 1 is 1.11 bits per heavy atom. The second-order valence-electron chi connectivity index (χ2n) is 6.18. The molecule has 0 saturated heterocycles. The van der Waals surface area contributed by atoms with Gasteiger partial charge in [-0.25, -0.2) is 9.50 Å². The molecule has 3 aromatic heterocycles. The van der Waals surface area contributed by atoms with Crippen molar-refractivity contribution in [1.29, 1.82) is 0 Å². The van der Waals surface area contributed by atoms with Gasteiger partial charge in [-0.1, -0.05) is 17.4 Å². The summed E-state index contributed by atoms with van der Waals surface area (Å²) in [6.07, 6.45) is 1.21. The molecule has 0 saturated carbocycles.